The molecule has 0 spiro atoms. The molecule has 0 radical (unpaired) electrons. The van der Waals surface area contributed by atoms with E-state index < -0.39 is 0 Å². The second-order valence-corrected chi connectivity index (χ2v) is 5.95. The van der Waals surface area contributed by atoms with Crippen LogP contribution in [0.3, 0.4) is 0 Å². The molecule has 1 unspecified atom stereocenters. The molecular weight excluding hydrogens is 298 g/mol. The lowest BCUT2D eigenvalue weighted by Gasteiger charge is -2.24. The van der Waals surface area contributed by atoms with E-state index in [0.29, 0.717) is 19.6 Å². The van der Waals surface area contributed by atoms with Crippen molar-refractivity contribution in [2.75, 3.05) is 26.9 Å². The highest BCUT2D eigenvalue weighted by molar-refractivity contribution is 5.83. The minimum absolute atomic E-state index is 0.00389. The molecule has 130 valence electrons. The van der Waals surface area contributed by atoms with Crippen LogP contribution in [0, 0.1) is 0 Å². The maximum Gasteiger partial charge on any atom is 0.330 e. The molecule has 0 aliphatic carbocycles. The molecule has 2 fully saturated rings. The summed E-state index contributed by atoms with van der Waals surface area (Å²) in [6.07, 6.45) is 9.49. The third-order valence-electron chi connectivity index (χ3n) is 4.27. The van der Waals surface area contributed by atoms with E-state index in [0.717, 1.165) is 38.7 Å². The average Bonchev–Trinajstić information content (AvgIpc) is 2.93. The van der Waals surface area contributed by atoms with Crippen LogP contribution in [0.1, 0.15) is 44.9 Å². The standard InChI is InChI=1S/C17H27NO5/c1-21-16(20)10-8-14-7-9-15(19)18(14)11-3-5-13-23-17-6-2-4-12-22-17/h8,10,14,17H,2-7,9,11-13H2,1H3/b10-8+/t14-,17?/m0/s1. The highest BCUT2D eigenvalue weighted by atomic mass is 16.7. The molecule has 6 nitrogen and oxygen atoms in total. The zero-order valence-corrected chi connectivity index (χ0v) is 13.9. The van der Waals surface area contributed by atoms with E-state index in [1.54, 1.807) is 6.08 Å². The molecule has 2 heterocycles. The lowest BCUT2D eigenvalue weighted by molar-refractivity contribution is -0.163. The quantitative estimate of drug-likeness (QED) is 0.388. The molecule has 2 aliphatic rings. The summed E-state index contributed by atoms with van der Waals surface area (Å²) in [5.74, 6) is -0.230. The highest BCUT2D eigenvalue weighted by Gasteiger charge is 2.28. The predicted molar refractivity (Wildman–Crippen MR) is 84.7 cm³/mol. The number of hydrogen-bond acceptors (Lipinski definition) is 5. The van der Waals surface area contributed by atoms with Crippen LogP contribution in [0.25, 0.3) is 0 Å². The Labute approximate surface area is 137 Å². The van der Waals surface area contributed by atoms with E-state index in [9.17, 15) is 9.59 Å². The summed E-state index contributed by atoms with van der Waals surface area (Å²) in [6.45, 7) is 2.15. The number of rotatable bonds is 8. The number of ether oxygens (including phenoxy) is 3. The Bertz CT molecular complexity index is 417. The molecule has 1 amide bonds. The summed E-state index contributed by atoms with van der Waals surface area (Å²) in [4.78, 5) is 24.9. The molecule has 2 aliphatic heterocycles. The molecular formula is C17H27NO5. The first-order valence-electron chi connectivity index (χ1n) is 8.49. The third kappa shape index (κ3) is 5.95. The van der Waals surface area contributed by atoms with E-state index >= 15 is 0 Å². The number of likely N-dealkylation sites (tertiary alicyclic amines) is 1. The molecule has 6 heteroatoms. The van der Waals surface area contributed by atoms with E-state index in [1.165, 1.54) is 19.6 Å². The number of nitrogens with zero attached hydrogens (tertiary/aromatic N) is 1. The van der Waals surface area contributed by atoms with E-state index in [2.05, 4.69) is 4.74 Å². The number of hydrogen-bond donors (Lipinski definition) is 0. The normalized spacial score (nSPS) is 25.3. The zero-order chi connectivity index (χ0) is 16.5. The van der Waals surface area contributed by atoms with Gasteiger partial charge in [-0.2, -0.15) is 0 Å². The van der Waals surface area contributed by atoms with Crippen molar-refractivity contribution in [2.24, 2.45) is 0 Å². The molecule has 2 atom stereocenters. The number of carbonyl (C=O) groups is 2. The second-order valence-electron chi connectivity index (χ2n) is 5.95. The first-order chi connectivity index (χ1) is 11.2. The number of unbranched alkanes of at least 4 members (excludes halogenated alkanes) is 1. The Hall–Kier alpha value is -1.40. The van der Waals surface area contributed by atoms with Crippen molar-refractivity contribution >= 4 is 11.9 Å². The van der Waals surface area contributed by atoms with Gasteiger partial charge in [-0.15, -0.1) is 0 Å². The molecule has 0 bridgehead atoms. The topological polar surface area (TPSA) is 65.1 Å². The van der Waals surface area contributed by atoms with Crippen molar-refractivity contribution in [2.45, 2.75) is 57.3 Å². The summed E-state index contributed by atoms with van der Waals surface area (Å²) in [5, 5.41) is 0. The fourth-order valence-electron chi connectivity index (χ4n) is 2.95. The van der Waals surface area contributed by atoms with Crippen LogP contribution in [0.5, 0.6) is 0 Å². The molecule has 23 heavy (non-hydrogen) atoms. The first-order valence-corrected chi connectivity index (χ1v) is 8.49. The fraction of sp³-hybridized carbons (Fsp3) is 0.765. The van der Waals surface area contributed by atoms with Crippen LogP contribution in [-0.4, -0.2) is 56.0 Å². The Balaban J connectivity index is 1.65. The smallest absolute Gasteiger partial charge is 0.330 e. The van der Waals surface area contributed by atoms with Crippen molar-refractivity contribution in [3.05, 3.63) is 12.2 Å². The van der Waals surface area contributed by atoms with Crippen LogP contribution >= 0.6 is 0 Å². The number of carbonyl (C=O) groups excluding carboxylic acids is 2. The van der Waals surface area contributed by atoms with Gasteiger partial charge in [0.25, 0.3) is 0 Å². The molecule has 0 aromatic heterocycles. The molecule has 0 aromatic rings. The van der Waals surface area contributed by atoms with Crippen molar-refractivity contribution in [1.82, 2.24) is 4.90 Å². The Morgan fingerprint density at radius 1 is 1.35 bits per heavy atom. The highest BCUT2D eigenvalue weighted by Crippen LogP contribution is 2.20. The van der Waals surface area contributed by atoms with Gasteiger partial charge in [-0.05, 0) is 38.5 Å². The Morgan fingerprint density at radius 3 is 2.96 bits per heavy atom. The van der Waals surface area contributed by atoms with Crippen molar-refractivity contribution in [1.29, 1.82) is 0 Å². The summed E-state index contributed by atoms with van der Waals surface area (Å²) in [6, 6.07) is 0.00389. The maximum atomic E-state index is 11.9. The second kappa shape index (κ2) is 9.67. The lowest BCUT2D eigenvalue weighted by atomic mass is 10.2. The summed E-state index contributed by atoms with van der Waals surface area (Å²) in [5.41, 5.74) is 0. The minimum Gasteiger partial charge on any atom is -0.466 e. The van der Waals surface area contributed by atoms with Crippen molar-refractivity contribution in [3.63, 3.8) is 0 Å². The van der Waals surface area contributed by atoms with Gasteiger partial charge in [0.15, 0.2) is 6.29 Å². The van der Waals surface area contributed by atoms with Gasteiger partial charge < -0.3 is 19.1 Å². The van der Waals surface area contributed by atoms with E-state index in [1.807, 2.05) is 4.90 Å². The molecule has 0 aromatic carbocycles. The van der Waals surface area contributed by atoms with Crippen LogP contribution in [0.2, 0.25) is 0 Å². The SMILES string of the molecule is COC(=O)/C=C/[C@@H]1CCC(=O)N1CCCCOC1CCCCO1. The van der Waals surface area contributed by atoms with Gasteiger partial charge in [0.05, 0.1) is 13.2 Å². The van der Waals surface area contributed by atoms with Gasteiger partial charge in [-0.25, -0.2) is 4.79 Å². The molecule has 0 saturated carbocycles. The van der Waals surface area contributed by atoms with Gasteiger partial charge in [-0.3, -0.25) is 4.79 Å². The Morgan fingerprint density at radius 2 is 2.22 bits per heavy atom. The van der Waals surface area contributed by atoms with Gasteiger partial charge in [-0.1, -0.05) is 6.08 Å². The maximum absolute atomic E-state index is 11.9. The van der Waals surface area contributed by atoms with Crippen LogP contribution in [-0.2, 0) is 23.8 Å². The van der Waals surface area contributed by atoms with Crippen molar-refractivity contribution < 1.29 is 23.8 Å². The van der Waals surface area contributed by atoms with Crippen LogP contribution in [0.15, 0.2) is 12.2 Å². The van der Waals surface area contributed by atoms with Crippen molar-refractivity contribution in [3.8, 4) is 0 Å². The molecule has 0 N–H and O–H groups in total. The summed E-state index contributed by atoms with van der Waals surface area (Å²) in [7, 11) is 1.35. The fourth-order valence-corrected chi connectivity index (χ4v) is 2.95. The van der Waals surface area contributed by atoms with Gasteiger partial charge in [0.2, 0.25) is 5.91 Å². The average molecular weight is 325 g/mol. The first kappa shape index (κ1) is 17.9. The van der Waals surface area contributed by atoms with Gasteiger partial charge in [0, 0.05) is 32.3 Å². The van der Waals surface area contributed by atoms with E-state index in [4.69, 9.17) is 9.47 Å². The van der Waals surface area contributed by atoms with Gasteiger partial charge in [0.1, 0.15) is 0 Å². The van der Waals surface area contributed by atoms with Gasteiger partial charge >= 0.3 is 5.97 Å². The lowest BCUT2D eigenvalue weighted by Crippen LogP contribution is -2.33. The largest absolute Gasteiger partial charge is 0.466 e. The predicted octanol–water partition coefficient (Wildman–Crippen LogP) is 2.03. The monoisotopic (exact) mass is 325 g/mol. The Kier molecular flexibility index (Phi) is 7.55. The third-order valence-corrected chi connectivity index (χ3v) is 4.27. The van der Waals surface area contributed by atoms with Crippen LogP contribution in [0.4, 0.5) is 0 Å². The minimum atomic E-state index is -0.384. The molecule has 2 rings (SSSR count). The van der Waals surface area contributed by atoms with Crippen LogP contribution < -0.4 is 0 Å². The number of methoxy groups -OCH3 is 1. The van der Waals surface area contributed by atoms with E-state index in [-0.39, 0.29) is 24.2 Å². The zero-order valence-electron chi connectivity index (χ0n) is 13.9. The number of esters is 1. The molecule has 2 saturated heterocycles. The number of amides is 1. The summed E-state index contributed by atoms with van der Waals surface area (Å²) >= 11 is 0. The summed E-state index contributed by atoms with van der Waals surface area (Å²) < 4.78 is 15.8.